The maximum absolute atomic E-state index is 10.2. The molecule has 0 aromatic rings. The van der Waals surface area contributed by atoms with Crippen LogP contribution in [0, 0.1) is 0 Å². The summed E-state index contributed by atoms with van der Waals surface area (Å²) in [4.78, 5) is 0. The Kier molecular flexibility index (Phi) is 20.1. The Bertz CT molecular complexity index is 248. The normalized spacial score (nSPS) is 13.9. The molecule has 0 aliphatic heterocycles. The first-order valence-corrected chi connectivity index (χ1v) is 11.3. The van der Waals surface area contributed by atoms with Gasteiger partial charge in [-0.15, -0.1) is 0 Å². The van der Waals surface area contributed by atoms with Crippen molar-refractivity contribution in [3.63, 3.8) is 0 Å². The molecular weight excluding hydrogens is 310 g/mol. The van der Waals surface area contributed by atoms with Crippen LogP contribution in [0.2, 0.25) is 0 Å². The molecule has 0 unspecified atom stereocenters. The number of rotatable bonds is 20. The van der Waals surface area contributed by atoms with Crippen LogP contribution in [0.1, 0.15) is 117 Å². The second-order valence-corrected chi connectivity index (χ2v) is 7.70. The van der Waals surface area contributed by atoms with Gasteiger partial charge in [-0.1, -0.05) is 104 Å². The lowest BCUT2D eigenvalue weighted by Crippen LogP contribution is -2.43. The molecule has 0 aliphatic carbocycles. The van der Waals surface area contributed by atoms with Gasteiger partial charge in [-0.2, -0.15) is 0 Å². The van der Waals surface area contributed by atoms with Crippen molar-refractivity contribution in [3.8, 4) is 0 Å². The SMILES string of the molecule is CCCCCCCCCCCCCCC[C@@H](O)[C@H](CO)NCCCC. The van der Waals surface area contributed by atoms with E-state index in [1.54, 1.807) is 0 Å². The number of nitrogens with one attached hydrogen (secondary N) is 1. The molecule has 3 nitrogen and oxygen atoms in total. The van der Waals surface area contributed by atoms with Crippen molar-refractivity contribution in [2.45, 2.75) is 129 Å². The van der Waals surface area contributed by atoms with Crippen molar-refractivity contribution in [3.05, 3.63) is 0 Å². The van der Waals surface area contributed by atoms with Crippen molar-refractivity contribution >= 4 is 0 Å². The molecule has 3 heteroatoms. The number of hydrogen-bond donors (Lipinski definition) is 3. The van der Waals surface area contributed by atoms with E-state index >= 15 is 0 Å². The zero-order valence-electron chi connectivity index (χ0n) is 17.3. The molecule has 0 spiro atoms. The quantitative estimate of drug-likeness (QED) is 0.249. The predicted octanol–water partition coefficient (Wildman–Crippen LogP) is 5.58. The summed E-state index contributed by atoms with van der Waals surface area (Å²) in [5.41, 5.74) is 0. The van der Waals surface area contributed by atoms with E-state index in [-0.39, 0.29) is 12.6 Å². The maximum atomic E-state index is 10.2. The minimum Gasteiger partial charge on any atom is -0.395 e. The van der Waals surface area contributed by atoms with Crippen LogP contribution in [0.25, 0.3) is 0 Å². The fourth-order valence-electron chi connectivity index (χ4n) is 3.36. The van der Waals surface area contributed by atoms with Gasteiger partial charge in [0.1, 0.15) is 0 Å². The van der Waals surface area contributed by atoms with E-state index in [9.17, 15) is 10.2 Å². The first-order chi connectivity index (χ1) is 12.3. The van der Waals surface area contributed by atoms with Gasteiger partial charge >= 0.3 is 0 Å². The lowest BCUT2D eigenvalue weighted by Gasteiger charge is -2.22. The monoisotopic (exact) mass is 357 g/mol. The van der Waals surface area contributed by atoms with Crippen LogP contribution in [-0.4, -0.2) is 35.5 Å². The standard InChI is InChI=1S/C22H47NO2/c1-3-5-7-8-9-10-11-12-13-14-15-16-17-18-22(25)21(20-24)23-19-6-4-2/h21-25H,3-20H2,1-2H3/t21-,22+/m0/s1. The van der Waals surface area contributed by atoms with E-state index in [0.717, 1.165) is 32.2 Å². The Balaban J connectivity index is 3.33. The second kappa shape index (κ2) is 20.2. The summed E-state index contributed by atoms with van der Waals surface area (Å²) in [5, 5.41) is 22.8. The molecule has 0 saturated heterocycles. The minimum absolute atomic E-state index is 0.0311. The van der Waals surface area contributed by atoms with Gasteiger partial charge in [0, 0.05) is 0 Å². The molecule has 0 fully saturated rings. The third kappa shape index (κ3) is 17.1. The molecule has 0 radical (unpaired) electrons. The number of hydrogen-bond acceptors (Lipinski definition) is 3. The average Bonchev–Trinajstić information content (AvgIpc) is 2.62. The number of aliphatic hydroxyl groups excluding tert-OH is 2. The zero-order valence-corrected chi connectivity index (χ0v) is 17.3. The van der Waals surface area contributed by atoms with Crippen LogP contribution in [0.3, 0.4) is 0 Å². The Labute approximate surface area is 158 Å². The van der Waals surface area contributed by atoms with E-state index in [2.05, 4.69) is 19.2 Å². The van der Waals surface area contributed by atoms with Crippen LogP contribution in [0.15, 0.2) is 0 Å². The summed E-state index contributed by atoms with van der Waals surface area (Å²) in [5.74, 6) is 0. The predicted molar refractivity (Wildman–Crippen MR) is 110 cm³/mol. The van der Waals surface area contributed by atoms with Crippen LogP contribution >= 0.6 is 0 Å². The van der Waals surface area contributed by atoms with Crippen LogP contribution in [-0.2, 0) is 0 Å². The molecule has 2 atom stereocenters. The van der Waals surface area contributed by atoms with E-state index in [0.29, 0.717) is 0 Å². The van der Waals surface area contributed by atoms with Gasteiger partial charge in [-0.3, -0.25) is 0 Å². The maximum Gasteiger partial charge on any atom is 0.0715 e. The summed E-state index contributed by atoms with van der Waals surface area (Å²) < 4.78 is 0. The zero-order chi connectivity index (χ0) is 18.6. The third-order valence-corrected chi connectivity index (χ3v) is 5.20. The van der Waals surface area contributed by atoms with Crippen molar-refractivity contribution < 1.29 is 10.2 Å². The van der Waals surface area contributed by atoms with Crippen LogP contribution in [0.4, 0.5) is 0 Å². The largest absolute Gasteiger partial charge is 0.395 e. The first-order valence-electron chi connectivity index (χ1n) is 11.3. The molecule has 0 amide bonds. The van der Waals surface area contributed by atoms with Gasteiger partial charge in [0.05, 0.1) is 18.8 Å². The topological polar surface area (TPSA) is 52.5 Å². The molecule has 0 aromatic heterocycles. The van der Waals surface area contributed by atoms with Crippen molar-refractivity contribution in [2.75, 3.05) is 13.2 Å². The highest BCUT2D eigenvalue weighted by molar-refractivity contribution is 4.74. The van der Waals surface area contributed by atoms with Crippen molar-refractivity contribution in [2.24, 2.45) is 0 Å². The highest BCUT2D eigenvalue weighted by Crippen LogP contribution is 2.14. The Morgan fingerprint density at radius 1 is 0.640 bits per heavy atom. The molecule has 0 rings (SSSR count). The van der Waals surface area contributed by atoms with Gasteiger partial charge in [0.25, 0.3) is 0 Å². The van der Waals surface area contributed by atoms with E-state index in [1.807, 2.05) is 0 Å². The molecule has 25 heavy (non-hydrogen) atoms. The molecule has 0 heterocycles. The summed E-state index contributed by atoms with van der Waals surface area (Å²) in [6, 6.07) is -0.149. The van der Waals surface area contributed by atoms with Crippen LogP contribution in [0.5, 0.6) is 0 Å². The van der Waals surface area contributed by atoms with Crippen LogP contribution < -0.4 is 5.32 Å². The molecular formula is C22H47NO2. The molecule has 3 N–H and O–H groups in total. The highest BCUT2D eigenvalue weighted by atomic mass is 16.3. The first kappa shape index (κ1) is 24.9. The van der Waals surface area contributed by atoms with Gasteiger partial charge in [0.15, 0.2) is 0 Å². The molecule has 0 aromatic carbocycles. The number of unbranched alkanes of at least 4 members (excludes halogenated alkanes) is 13. The van der Waals surface area contributed by atoms with Crippen molar-refractivity contribution in [1.82, 2.24) is 5.32 Å². The molecule has 0 aliphatic rings. The summed E-state index contributed by atoms with van der Waals surface area (Å²) in [6.45, 7) is 5.34. The third-order valence-electron chi connectivity index (χ3n) is 5.20. The van der Waals surface area contributed by atoms with Gasteiger partial charge in [-0.25, -0.2) is 0 Å². The average molecular weight is 358 g/mol. The van der Waals surface area contributed by atoms with E-state index in [1.165, 1.54) is 77.0 Å². The van der Waals surface area contributed by atoms with Gasteiger partial charge < -0.3 is 15.5 Å². The highest BCUT2D eigenvalue weighted by Gasteiger charge is 2.16. The fraction of sp³-hybridized carbons (Fsp3) is 1.00. The Morgan fingerprint density at radius 2 is 1.08 bits per heavy atom. The Hall–Kier alpha value is -0.120. The molecule has 0 bridgehead atoms. The number of aliphatic hydroxyl groups is 2. The van der Waals surface area contributed by atoms with Gasteiger partial charge in [0.2, 0.25) is 0 Å². The summed E-state index contributed by atoms with van der Waals surface area (Å²) in [7, 11) is 0. The smallest absolute Gasteiger partial charge is 0.0715 e. The lowest BCUT2D eigenvalue weighted by molar-refractivity contribution is 0.0811. The van der Waals surface area contributed by atoms with E-state index in [4.69, 9.17) is 0 Å². The second-order valence-electron chi connectivity index (χ2n) is 7.70. The molecule has 0 saturated carbocycles. The fourth-order valence-corrected chi connectivity index (χ4v) is 3.36. The van der Waals surface area contributed by atoms with E-state index < -0.39 is 6.10 Å². The summed E-state index contributed by atoms with van der Waals surface area (Å²) in [6.07, 6.45) is 20.2. The van der Waals surface area contributed by atoms with Gasteiger partial charge in [-0.05, 0) is 19.4 Å². The lowest BCUT2D eigenvalue weighted by atomic mass is 10.0. The van der Waals surface area contributed by atoms with Crippen molar-refractivity contribution in [1.29, 1.82) is 0 Å². The molecule has 152 valence electrons. The minimum atomic E-state index is -0.408. The Morgan fingerprint density at radius 3 is 1.52 bits per heavy atom. The summed E-state index contributed by atoms with van der Waals surface area (Å²) >= 11 is 0.